The average molecular weight is 549 g/mol. The molecular weight excluding hydrogens is 512 g/mol. The van der Waals surface area contributed by atoms with E-state index in [2.05, 4.69) is 27.0 Å². The van der Waals surface area contributed by atoms with E-state index in [4.69, 9.17) is 18.7 Å². The van der Waals surface area contributed by atoms with Crippen LogP contribution in [0.1, 0.15) is 40.5 Å². The first-order valence-corrected chi connectivity index (χ1v) is 13.9. The number of hydrogen-bond acceptors (Lipinski definition) is 9. The number of para-hydroxylation sites is 1. The molecular formula is C26H36N4O7S. The number of methoxy groups -OCH3 is 2. The van der Waals surface area contributed by atoms with Crippen LogP contribution in [0.15, 0.2) is 33.7 Å². The minimum atomic E-state index is -4.00. The van der Waals surface area contributed by atoms with Gasteiger partial charge in [0.2, 0.25) is 0 Å². The van der Waals surface area contributed by atoms with Crippen LogP contribution < -0.4 is 25.4 Å². The molecule has 1 aromatic carbocycles. The number of amides is 1. The van der Waals surface area contributed by atoms with Gasteiger partial charge in [-0.2, -0.15) is 0 Å². The van der Waals surface area contributed by atoms with Gasteiger partial charge in [0.25, 0.3) is 10.0 Å². The highest BCUT2D eigenvalue weighted by molar-refractivity contribution is 7.92. The molecule has 0 saturated carbocycles. The molecule has 38 heavy (non-hydrogen) atoms. The molecule has 4 rings (SSSR count). The van der Waals surface area contributed by atoms with E-state index in [0.717, 1.165) is 13.0 Å². The number of anilines is 1. The average Bonchev–Trinajstić information content (AvgIpc) is 3.42. The Morgan fingerprint density at radius 2 is 1.97 bits per heavy atom. The zero-order chi connectivity index (χ0) is 27.7. The molecule has 12 heteroatoms. The minimum Gasteiger partial charge on any atom is -0.500 e. The van der Waals surface area contributed by atoms with Crippen molar-refractivity contribution in [3.8, 4) is 5.75 Å². The van der Waals surface area contributed by atoms with Crippen molar-refractivity contribution >= 4 is 33.8 Å². The van der Waals surface area contributed by atoms with Gasteiger partial charge < -0.3 is 29.0 Å². The summed E-state index contributed by atoms with van der Waals surface area (Å²) in [6.45, 7) is 9.80. The topological polar surface area (TPSA) is 132 Å². The number of nitrogens with zero attached hydrogens (tertiary/aromatic N) is 2. The van der Waals surface area contributed by atoms with Gasteiger partial charge in [0.15, 0.2) is 11.2 Å². The van der Waals surface area contributed by atoms with Gasteiger partial charge in [-0.1, -0.05) is 24.2 Å². The summed E-state index contributed by atoms with van der Waals surface area (Å²) in [6.07, 6.45) is 2.89. The van der Waals surface area contributed by atoms with Crippen molar-refractivity contribution in [2.45, 2.75) is 57.1 Å². The van der Waals surface area contributed by atoms with E-state index >= 15 is 0 Å². The van der Waals surface area contributed by atoms with E-state index in [1.54, 1.807) is 25.3 Å². The highest BCUT2D eigenvalue weighted by Crippen LogP contribution is 2.33. The van der Waals surface area contributed by atoms with Gasteiger partial charge in [-0.15, -0.1) is 0 Å². The fourth-order valence-corrected chi connectivity index (χ4v) is 6.12. The van der Waals surface area contributed by atoms with Crippen LogP contribution >= 0.6 is 0 Å². The molecule has 2 N–H and O–H groups in total. The maximum absolute atomic E-state index is 13.1. The fraction of sp³-hybridized carbons (Fsp3) is 0.538. The van der Waals surface area contributed by atoms with Gasteiger partial charge >= 0.3 is 6.09 Å². The lowest BCUT2D eigenvalue weighted by atomic mass is 9.82. The van der Waals surface area contributed by atoms with Crippen molar-refractivity contribution in [2.75, 3.05) is 38.6 Å². The molecule has 1 amide bonds. The number of benzene rings is 1. The maximum atomic E-state index is 13.1. The Labute approximate surface area is 222 Å². The van der Waals surface area contributed by atoms with Gasteiger partial charge in [0, 0.05) is 37.5 Å². The van der Waals surface area contributed by atoms with Crippen molar-refractivity contribution in [3.63, 3.8) is 0 Å². The maximum Gasteiger partial charge on any atom is 0.407 e. The monoisotopic (exact) mass is 548 g/mol. The summed E-state index contributed by atoms with van der Waals surface area (Å²) in [5.74, 6) is 0.855. The molecule has 0 bridgehead atoms. The zero-order valence-corrected chi connectivity index (χ0v) is 23.5. The summed E-state index contributed by atoms with van der Waals surface area (Å²) < 4.78 is 50.7. The van der Waals surface area contributed by atoms with Gasteiger partial charge in [0.05, 0.1) is 14.2 Å². The van der Waals surface area contributed by atoms with Crippen LogP contribution in [0.2, 0.25) is 0 Å². The first kappa shape index (κ1) is 27.8. The lowest BCUT2D eigenvalue weighted by molar-refractivity contribution is 0.0505. The highest BCUT2D eigenvalue weighted by Gasteiger charge is 2.35. The standard InChI is InChI=1S/C26H36N4O7S/c1-25(2,3)36-24(31)27-17-11-12-30(15-17)16-26(4)13-19(35-6)22-20(14-26)37-28-23(22)29-38(32,33)21-10-8-7-9-18(21)34-5/h7-10,14,17H,11-13,15-16H2,1-6H3,(H,27,31)(H,28,29). The number of ether oxygens (including phenoxy) is 3. The Hall–Kier alpha value is -3.25. The molecule has 2 aromatic rings. The number of carbonyl (C=O) groups excluding carboxylic acids is 1. The third-order valence-electron chi connectivity index (χ3n) is 6.46. The molecule has 2 unspecified atom stereocenters. The van der Waals surface area contributed by atoms with Crippen LogP contribution in [0.3, 0.4) is 0 Å². The molecule has 1 aliphatic heterocycles. The second kappa shape index (κ2) is 10.5. The minimum absolute atomic E-state index is 0.000238. The third-order valence-corrected chi connectivity index (χ3v) is 7.83. The van der Waals surface area contributed by atoms with Crippen LogP contribution in [-0.2, 0) is 19.5 Å². The summed E-state index contributed by atoms with van der Waals surface area (Å²) >= 11 is 0. The molecule has 11 nitrogen and oxygen atoms in total. The summed E-state index contributed by atoms with van der Waals surface area (Å²) in [5, 5.41) is 7.45. The lowest BCUT2D eigenvalue weighted by Crippen LogP contribution is -2.43. The molecule has 1 aliphatic carbocycles. The van der Waals surface area contributed by atoms with Crippen molar-refractivity contribution in [1.29, 1.82) is 0 Å². The number of hydrogen-bond donors (Lipinski definition) is 2. The van der Waals surface area contributed by atoms with Crippen LogP contribution in [0, 0.1) is 5.41 Å². The van der Waals surface area contributed by atoms with Crippen LogP contribution in [0.4, 0.5) is 10.6 Å². The summed E-state index contributed by atoms with van der Waals surface area (Å²) in [5.41, 5.74) is -0.470. The molecule has 1 saturated heterocycles. The molecule has 0 spiro atoms. The number of fused-ring (bicyclic) bond motifs is 1. The highest BCUT2D eigenvalue weighted by atomic mass is 32.2. The van der Waals surface area contributed by atoms with Crippen molar-refractivity contribution < 1.29 is 31.9 Å². The SMILES string of the molecule is COC1=c2c(NS(=O)(=O)c3ccccc3OC)noc2=CC(C)(CN2CCC(NC(=O)OC(C)(C)C)C2)C1. The molecule has 0 radical (unpaired) electrons. The Balaban J connectivity index is 1.51. The largest absolute Gasteiger partial charge is 0.500 e. The second-order valence-electron chi connectivity index (χ2n) is 11.0. The van der Waals surface area contributed by atoms with Crippen molar-refractivity contribution in [3.05, 3.63) is 34.9 Å². The van der Waals surface area contributed by atoms with Gasteiger partial charge in [0.1, 0.15) is 27.2 Å². The Bertz CT molecular complexity index is 1410. The molecule has 1 aromatic heterocycles. The number of nitrogens with one attached hydrogen (secondary N) is 2. The summed E-state index contributed by atoms with van der Waals surface area (Å²) in [7, 11) is -1.04. The van der Waals surface area contributed by atoms with Gasteiger partial charge in [-0.3, -0.25) is 4.72 Å². The number of aromatic nitrogens is 1. The first-order chi connectivity index (χ1) is 17.8. The van der Waals surface area contributed by atoms with E-state index in [-0.39, 0.29) is 27.9 Å². The Morgan fingerprint density at radius 1 is 1.24 bits per heavy atom. The van der Waals surface area contributed by atoms with E-state index in [1.807, 2.05) is 26.8 Å². The van der Waals surface area contributed by atoms with E-state index in [1.165, 1.54) is 13.2 Å². The predicted octanol–water partition coefficient (Wildman–Crippen LogP) is 2.03. The van der Waals surface area contributed by atoms with Gasteiger partial charge in [-0.05, 0) is 45.4 Å². The third kappa shape index (κ3) is 6.24. The Kier molecular flexibility index (Phi) is 7.67. The van der Waals surface area contributed by atoms with Crippen LogP contribution in [0.5, 0.6) is 5.75 Å². The lowest BCUT2D eigenvalue weighted by Gasteiger charge is -2.32. The summed E-state index contributed by atoms with van der Waals surface area (Å²) in [4.78, 5) is 14.4. The fourth-order valence-electron chi connectivity index (χ4n) is 4.94. The predicted molar refractivity (Wildman–Crippen MR) is 141 cm³/mol. The molecule has 208 valence electrons. The molecule has 2 atom stereocenters. The second-order valence-corrected chi connectivity index (χ2v) is 12.6. The van der Waals surface area contributed by atoms with Gasteiger partial charge in [-0.25, -0.2) is 13.2 Å². The quantitative estimate of drug-likeness (QED) is 0.508. The first-order valence-electron chi connectivity index (χ1n) is 12.5. The van der Waals surface area contributed by atoms with Crippen molar-refractivity contribution in [2.24, 2.45) is 5.41 Å². The molecule has 1 fully saturated rings. The number of carbonyl (C=O) groups is 1. The van der Waals surface area contributed by atoms with E-state index in [9.17, 15) is 13.2 Å². The van der Waals surface area contributed by atoms with Crippen molar-refractivity contribution in [1.82, 2.24) is 15.4 Å². The smallest absolute Gasteiger partial charge is 0.407 e. The number of likely N-dealkylation sites (tertiary alicyclic amines) is 1. The Morgan fingerprint density at radius 3 is 2.66 bits per heavy atom. The molecule has 2 aliphatic rings. The van der Waals surface area contributed by atoms with Crippen LogP contribution in [-0.4, -0.2) is 70.1 Å². The van der Waals surface area contributed by atoms with E-state index < -0.39 is 21.7 Å². The zero-order valence-electron chi connectivity index (χ0n) is 22.7. The van der Waals surface area contributed by atoms with Crippen LogP contribution in [0.25, 0.3) is 11.8 Å². The van der Waals surface area contributed by atoms with E-state index in [0.29, 0.717) is 35.9 Å². The normalized spacial score (nSPS) is 21.8. The number of alkyl carbamates (subject to hydrolysis) is 1. The molecule has 2 heterocycles. The summed E-state index contributed by atoms with van der Waals surface area (Å²) in [6, 6.07) is 6.34. The number of rotatable bonds is 8. The number of sulfonamides is 1.